The van der Waals surface area contributed by atoms with Crippen LogP contribution in [0.2, 0.25) is 0 Å². The predicted octanol–water partition coefficient (Wildman–Crippen LogP) is 2.61. The number of nitrogens with zero attached hydrogens (tertiary/aromatic N) is 2. The summed E-state index contributed by atoms with van der Waals surface area (Å²) in [6.07, 6.45) is 4.77. The van der Waals surface area contributed by atoms with Gasteiger partial charge >= 0.3 is 5.97 Å². The fourth-order valence-corrected chi connectivity index (χ4v) is 3.16. The maximum absolute atomic E-state index is 12.3. The van der Waals surface area contributed by atoms with Crippen LogP contribution in [0, 0.1) is 0 Å². The monoisotopic (exact) mass is 397 g/mol. The van der Waals surface area contributed by atoms with Crippen LogP contribution >= 0.6 is 0 Å². The smallest absolute Gasteiger partial charge is 0.330 e. The molecule has 1 aliphatic heterocycles. The van der Waals surface area contributed by atoms with Gasteiger partial charge in [0.2, 0.25) is 5.91 Å². The molecule has 0 aliphatic carbocycles. The van der Waals surface area contributed by atoms with Crippen molar-refractivity contribution in [3.63, 3.8) is 0 Å². The van der Waals surface area contributed by atoms with Crippen LogP contribution in [0.25, 0.3) is 6.08 Å². The Morgan fingerprint density at radius 3 is 2.48 bits per heavy atom. The molecule has 7 nitrogen and oxygen atoms in total. The molecule has 2 aromatic rings. The summed E-state index contributed by atoms with van der Waals surface area (Å²) in [4.78, 5) is 28.2. The van der Waals surface area contributed by atoms with Gasteiger partial charge in [0, 0.05) is 37.9 Å². The molecule has 154 valence electrons. The summed E-state index contributed by atoms with van der Waals surface area (Å²) in [6, 6.07) is 11.2. The molecular weight excluding hydrogens is 370 g/mol. The van der Waals surface area contributed by atoms with Gasteiger partial charge in [-0.3, -0.25) is 14.6 Å². The zero-order valence-corrected chi connectivity index (χ0v) is 16.7. The Hall–Kier alpha value is -2.90. The molecule has 2 heterocycles. The third kappa shape index (κ3) is 6.89. The average Bonchev–Trinajstić information content (AvgIpc) is 3.22. The van der Waals surface area contributed by atoms with Gasteiger partial charge in [-0.2, -0.15) is 0 Å². The van der Waals surface area contributed by atoms with Gasteiger partial charge in [-0.25, -0.2) is 4.79 Å². The standard InChI is InChI=1S/C22H27N3O4/c1-2-28-22(27)10-7-18-5-8-19(9-6-18)23-21(26)17-25-13-11-24(12-14-25)16-20-4-3-15-29-20/h3-10,15H,2,11-14,16-17H2,1H3,(H,23,26)/b10-7+. The van der Waals surface area contributed by atoms with Gasteiger partial charge in [-0.15, -0.1) is 0 Å². The molecule has 1 N–H and O–H groups in total. The number of nitrogens with one attached hydrogen (secondary N) is 1. The number of benzene rings is 1. The van der Waals surface area contributed by atoms with Gasteiger partial charge in [0.05, 0.1) is 26.0 Å². The van der Waals surface area contributed by atoms with Gasteiger partial charge in [-0.05, 0) is 42.8 Å². The molecule has 0 radical (unpaired) electrons. The molecule has 0 atom stereocenters. The minimum Gasteiger partial charge on any atom is -0.468 e. The third-order valence-corrected chi connectivity index (χ3v) is 4.68. The molecule has 0 unspecified atom stereocenters. The molecule has 0 saturated carbocycles. The molecule has 29 heavy (non-hydrogen) atoms. The summed E-state index contributed by atoms with van der Waals surface area (Å²) < 4.78 is 10.2. The summed E-state index contributed by atoms with van der Waals surface area (Å²) in [6.45, 7) is 6.84. The number of amides is 1. The Balaban J connectivity index is 1.40. The van der Waals surface area contributed by atoms with E-state index >= 15 is 0 Å². The zero-order chi connectivity index (χ0) is 20.5. The lowest BCUT2D eigenvalue weighted by Gasteiger charge is -2.33. The van der Waals surface area contributed by atoms with Crippen LogP contribution in [0.1, 0.15) is 18.2 Å². The lowest BCUT2D eigenvalue weighted by molar-refractivity contribution is -0.137. The number of hydrogen-bond donors (Lipinski definition) is 1. The van der Waals surface area contributed by atoms with Gasteiger partial charge in [0.15, 0.2) is 0 Å². The summed E-state index contributed by atoms with van der Waals surface area (Å²) in [5.74, 6) is 0.574. The Kier molecular flexibility index (Phi) is 7.61. The zero-order valence-electron chi connectivity index (χ0n) is 16.7. The topological polar surface area (TPSA) is 75.0 Å². The number of esters is 1. The van der Waals surface area contributed by atoms with E-state index in [9.17, 15) is 9.59 Å². The minimum atomic E-state index is -0.367. The van der Waals surface area contributed by atoms with Crippen LogP contribution in [0.3, 0.4) is 0 Å². The molecule has 7 heteroatoms. The van der Waals surface area contributed by atoms with E-state index in [1.165, 1.54) is 6.08 Å². The van der Waals surface area contributed by atoms with Crippen molar-refractivity contribution >= 4 is 23.6 Å². The Morgan fingerprint density at radius 2 is 1.83 bits per heavy atom. The highest BCUT2D eigenvalue weighted by Crippen LogP contribution is 2.12. The van der Waals surface area contributed by atoms with E-state index in [4.69, 9.17) is 9.15 Å². The number of piperazine rings is 1. The van der Waals surface area contributed by atoms with Crippen molar-refractivity contribution in [2.24, 2.45) is 0 Å². The second-order valence-electron chi connectivity index (χ2n) is 6.89. The van der Waals surface area contributed by atoms with E-state index < -0.39 is 0 Å². The fourth-order valence-electron chi connectivity index (χ4n) is 3.16. The molecule has 0 bridgehead atoms. The van der Waals surface area contributed by atoms with E-state index in [1.54, 1.807) is 19.3 Å². The number of ether oxygens (including phenoxy) is 1. The molecule has 3 rings (SSSR count). The summed E-state index contributed by atoms with van der Waals surface area (Å²) in [7, 11) is 0. The molecular formula is C22H27N3O4. The maximum atomic E-state index is 12.3. The van der Waals surface area contributed by atoms with Crippen molar-refractivity contribution in [2.45, 2.75) is 13.5 Å². The Morgan fingerprint density at radius 1 is 1.10 bits per heavy atom. The molecule has 1 saturated heterocycles. The molecule has 1 aromatic carbocycles. The molecule has 0 spiro atoms. The maximum Gasteiger partial charge on any atom is 0.330 e. The van der Waals surface area contributed by atoms with E-state index in [2.05, 4.69) is 15.1 Å². The second kappa shape index (κ2) is 10.6. The number of anilines is 1. The van der Waals surface area contributed by atoms with Crippen LogP contribution in [0.15, 0.2) is 53.2 Å². The first-order chi connectivity index (χ1) is 14.1. The van der Waals surface area contributed by atoms with Gasteiger partial charge < -0.3 is 14.5 Å². The van der Waals surface area contributed by atoms with E-state index in [0.717, 1.165) is 49.7 Å². The molecule has 1 aromatic heterocycles. The first-order valence-electron chi connectivity index (χ1n) is 9.84. The molecule has 1 aliphatic rings. The highest BCUT2D eigenvalue weighted by atomic mass is 16.5. The van der Waals surface area contributed by atoms with Crippen molar-refractivity contribution in [3.05, 3.63) is 60.1 Å². The van der Waals surface area contributed by atoms with Crippen molar-refractivity contribution in [1.29, 1.82) is 0 Å². The second-order valence-corrected chi connectivity index (χ2v) is 6.89. The number of carbonyl (C=O) groups is 2. The average molecular weight is 397 g/mol. The minimum absolute atomic E-state index is 0.0284. The molecule has 1 amide bonds. The normalized spacial score (nSPS) is 15.5. The summed E-state index contributed by atoms with van der Waals surface area (Å²) in [5.41, 5.74) is 1.60. The van der Waals surface area contributed by atoms with E-state index in [0.29, 0.717) is 13.2 Å². The van der Waals surface area contributed by atoms with Crippen LogP contribution in [0.5, 0.6) is 0 Å². The number of rotatable bonds is 8. The predicted molar refractivity (Wildman–Crippen MR) is 111 cm³/mol. The van der Waals surface area contributed by atoms with Crippen molar-refractivity contribution in [3.8, 4) is 0 Å². The van der Waals surface area contributed by atoms with Crippen LogP contribution in [-0.2, 0) is 20.9 Å². The first-order valence-corrected chi connectivity index (χ1v) is 9.84. The Labute approximate surface area is 170 Å². The molecule has 1 fully saturated rings. The van der Waals surface area contributed by atoms with Crippen molar-refractivity contribution in [1.82, 2.24) is 9.80 Å². The lowest BCUT2D eigenvalue weighted by Crippen LogP contribution is -2.48. The highest BCUT2D eigenvalue weighted by molar-refractivity contribution is 5.92. The van der Waals surface area contributed by atoms with Crippen LogP contribution < -0.4 is 5.32 Å². The Bertz CT molecular complexity index is 807. The quantitative estimate of drug-likeness (QED) is 0.545. The number of furan rings is 1. The highest BCUT2D eigenvalue weighted by Gasteiger charge is 2.19. The van der Waals surface area contributed by atoms with Crippen LogP contribution in [0.4, 0.5) is 5.69 Å². The van der Waals surface area contributed by atoms with Crippen molar-refractivity contribution < 1.29 is 18.7 Å². The number of hydrogen-bond acceptors (Lipinski definition) is 6. The van der Waals surface area contributed by atoms with Gasteiger partial charge in [-0.1, -0.05) is 12.1 Å². The summed E-state index contributed by atoms with van der Waals surface area (Å²) >= 11 is 0. The fraction of sp³-hybridized carbons (Fsp3) is 0.364. The van der Waals surface area contributed by atoms with E-state index in [1.807, 2.05) is 36.4 Å². The third-order valence-electron chi connectivity index (χ3n) is 4.68. The van der Waals surface area contributed by atoms with Gasteiger partial charge in [0.25, 0.3) is 0 Å². The summed E-state index contributed by atoms with van der Waals surface area (Å²) in [5, 5.41) is 2.92. The lowest BCUT2D eigenvalue weighted by atomic mass is 10.2. The van der Waals surface area contributed by atoms with E-state index in [-0.39, 0.29) is 11.9 Å². The van der Waals surface area contributed by atoms with Crippen molar-refractivity contribution in [2.75, 3.05) is 44.6 Å². The van der Waals surface area contributed by atoms with Gasteiger partial charge in [0.1, 0.15) is 5.76 Å². The first kappa shape index (κ1) is 20.8. The SMILES string of the molecule is CCOC(=O)/C=C/c1ccc(NC(=O)CN2CCN(Cc3ccco3)CC2)cc1. The van der Waals surface area contributed by atoms with Crippen LogP contribution in [-0.4, -0.2) is 61.0 Å². The number of carbonyl (C=O) groups excluding carboxylic acids is 2. The largest absolute Gasteiger partial charge is 0.468 e.